The number of ether oxygens (including phenoxy) is 1. The third-order valence-electron chi connectivity index (χ3n) is 3.54. The summed E-state index contributed by atoms with van der Waals surface area (Å²) in [5, 5.41) is 2.67. The molecule has 8 heteroatoms. The molecule has 6 nitrogen and oxygen atoms in total. The Kier molecular flexibility index (Phi) is 6.70. The van der Waals surface area contributed by atoms with Crippen LogP contribution >= 0.6 is 0 Å². The van der Waals surface area contributed by atoms with Gasteiger partial charge in [-0.15, -0.1) is 0 Å². The van der Waals surface area contributed by atoms with Gasteiger partial charge in [0.1, 0.15) is 18.2 Å². The van der Waals surface area contributed by atoms with Crippen LogP contribution in [0.15, 0.2) is 47.4 Å². The van der Waals surface area contributed by atoms with E-state index in [2.05, 4.69) is 10.0 Å². The van der Waals surface area contributed by atoms with Crippen LogP contribution in [0.3, 0.4) is 0 Å². The van der Waals surface area contributed by atoms with Crippen LogP contribution in [0, 0.1) is 12.7 Å². The second-order valence-corrected chi connectivity index (χ2v) is 7.31. The second kappa shape index (κ2) is 8.77. The van der Waals surface area contributed by atoms with Crippen LogP contribution in [0.25, 0.3) is 0 Å². The van der Waals surface area contributed by atoms with Crippen molar-refractivity contribution in [1.29, 1.82) is 0 Å². The molecule has 0 heterocycles. The van der Waals surface area contributed by atoms with E-state index in [0.29, 0.717) is 23.4 Å². The van der Waals surface area contributed by atoms with Gasteiger partial charge in [-0.05, 0) is 55.0 Å². The van der Waals surface area contributed by atoms with Crippen LogP contribution < -0.4 is 14.8 Å². The van der Waals surface area contributed by atoms with Crippen molar-refractivity contribution in [2.75, 3.05) is 19.7 Å². The van der Waals surface area contributed by atoms with Gasteiger partial charge in [-0.25, -0.2) is 17.5 Å². The Morgan fingerprint density at radius 2 is 1.85 bits per heavy atom. The predicted octanol–water partition coefficient (Wildman–Crippen LogP) is 2.24. The third kappa shape index (κ3) is 5.27. The lowest BCUT2D eigenvalue weighted by atomic mass is 10.2. The quantitative estimate of drug-likeness (QED) is 0.688. The van der Waals surface area contributed by atoms with Crippen molar-refractivity contribution in [2.45, 2.75) is 18.7 Å². The number of hydrogen-bond acceptors (Lipinski definition) is 4. The molecule has 1 amide bonds. The van der Waals surface area contributed by atoms with Crippen molar-refractivity contribution in [3.63, 3.8) is 0 Å². The monoisotopic (exact) mass is 380 g/mol. The van der Waals surface area contributed by atoms with Gasteiger partial charge in [0.15, 0.2) is 0 Å². The molecular formula is C18H21FN2O4S. The standard InChI is InChI=1S/C18H21FN2O4S/c1-3-21-26(23,24)16-8-9-17(13(2)12-16)25-11-10-20-18(22)14-4-6-15(19)7-5-14/h4-9,12,21H,3,10-11H2,1-2H3,(H,20,22). The molecule has 0 bridgehead atoms. The van der Waals surface area contributed by atoms with Gasteiger partial charge in [0, 0.05) is 12.1 Å². The van der Waals surface area contributed by atoms with Crippen molar-refractivity contribution >= 4 is 15.9 Å². The maximum Gasteiger partial charge on any atom is 0.251 e. The first-order valence-electron chi connectivity index (χ1n) is 8.10. The highest BCUT2D eigenvalue weighted by Gasteiger charge is 2.14. The largest absolute Gasteiger partial charge is 0.491 e. The fraction of sp³-hybridized carbons (Fsp3) is 0.278. The normalized spacial score (nSPS) is 11.2. The Labute approximate surface area is 152 Å². The molecule has 0 aliphatic heterocycles. The smallest absolute Gasteiger partial charge is 0.251 e. The summed E-state index contributed by atoms with van der Waals surface area (Å²) in [7, 11) is -3.51. The molecule has 2 aromatic rings. The Morgan fingerprint density at radius 3 is 2.46 bits per heavy atom. The maximum absolute atomic E-state index is 12.8. The Hall–Kier alpha value is -2.45. The Morgan fingerprint density at radius 1 is 1.15 bits per heavy atom. The van der Waals surface area contributed by atoms with Crippen LogP contribution in [-0.4, -0.2) is 34.0 Å². The van der Waals surface area contributed by atoms with Gasteiger partial charge in [0.25, 0.3) is 5.91 Å². The van der Waals surface area contributed by atoms with Crippen molar-refractivity contribution in [1.82, 2.24) is 10.0 Å². The number of aryl methyl sites for hydroxylation is 1. The summed E-state index contributed by atoms with van der Waals surface area (Å²) < 4.78 is 44.8. The minimum absolute atomic E-state index is 0.175. The Bertz CT molecular complexity index is 867. The van der Waals surface area contributed by atoms with E-state index in [1.807, 2.05) is 0 Å². The minimum atomic E-state index is -3.51. The molecule has 0 fully saturated rings. The van der Waals surface area contributed by atoms with E-state index in [0.717, 1.165) is 0 Å². The van der Waals surface area contributed by atoms with Crippen LogP contribution in [0.4, 0.5) is 4.39 Å². The fourth-order valence-corrected chi connectivity index (χ4v) is 3.38. The van der Waals surface area contributed by atoms with Gasteiger partial charge < -0.3 is 10.1 Å². The lowest BCUT2D eigenvalue weighted by Crippen LogP contribution is -2.28. The molecule has 0 aliphatic rings. The minimum Gasteiger partial charge on any atom is -0.491 e. The average molecular weight is 380 g/mol. The summed E-state index contributed by atoms with van der Waals surface area (Å²) in [6, 6.07) is 9.83. The highest BCUT2D eigenvalue weighted by molar-refractivity contribution is 7.89. The van der Waals surface area contributed by atoms with E-state index in [-0.39, 0.29) is 24.0 Å². The van der Waals surface area contributed by atoms with E-state index in [1.165, 1.54) is 36.4 Å². The van der Waals surface area contributed by atoms with Gasteiger partial charge in [0.2, 0.25) is 10.0 Å². The van der Waals surface area contributed by atoms with Crippen LogP contribution in [0.5, 0.6) is 5.75 Å². The van der Waals surface area contributed by atoms with Gasteiger partial charge >= 0.3 is 0 Å². The van der Waals surface area contributed by atoms with Crippen LogP contribution in [0.1, 0.15) is 22.8 Å². The average Bonchev–Trinajstić information content (AvgIpc) is 2.60. The van der Waals surface area contributed by atoms with Gasteiger partial charge in [-0.3, -0.25) is 4.79 Å². The highest BCUT2D eigenvalue weighted by Crippen LogP contribution is 2.21. The van der Waals surface area contributed by atoms with E-state index >= 15 is 0 Å². The molecule has 0 saturated heterocycles. The predicted molar refractivity (Wildman–Crippen MR) is 96.3 cm³/mol. The first-order chi connectivity index (χ1) is 12.3. The number of carbonyl (C=O) groups is 1. The molecule has 0 aromatic heterocycles. The molecule has 0 saturated carbocycles. The molecule has 0 unspecified atom stereocenters. The van der Waals surface area contributed by atoms with Gasteiger partial charge in [-0.1, -0.05) is 6.92 Å². The topological polar surface area (TPSA) is 84.5 Å². The van der Waals surface area contributed by atoms with Crippen molar-refractivity contribution in [2.24, 2.45) is 0 Å². The second-order valence-electron chi connectivity index (χ2n) is 5.54. The van der Waals surface area contributed by atoms with E-state index in [9.17, 15) is 17.6 Å². The lowest BCUT2D eigenvalue weighted by molar-refractivity contribution is 0.0947. The van der Waals surface area contributed by atoms with E-state index in [4.69, 9.17) is 4.74 Å². The SMILES string of the molecule is CCNS(=O)(=O)c1ccc(OCCNC(=O)c2ccc(F)cc2)c(C)c1. The summed E-state index contributed by atoms with van der Waals surface area (Å²) in [4.78, 5) is 12.1. The summed E-state index contributed by atoms with van der Waals surface area (Å²) in [5.74, 6) is -0.186. The van der Waals surface area contributed by atoms with Crippen LogP contribution in [0.2, 0.25) is 0 Å². The summed E-state index contributed by atoms with van der Waals surface area (Å²) in [6.45, 7) is 4.24. The zero-order valence-electron chi connectivity index (χ0n) is 14.6. The fourth-order valence-electron chi connectivity index (χ4n) is 2.25. The molecule has 0 spiro atoms. The molecule has 140 valence electrons. The van der Waals surface area contributed by atoms with Crippen molar-refractivity contribution < 1.29 is 22.3 Å². The molecule has 2 rings (SSSR count). The Balaban J connectivity index is 1.88. The zero-order chi connectivity index (χ0) is 19.2. The molecule has 0 radical (unpaired) electrons. The number of halogens is 1. The molecule has 2 N–H and O–H groups in total. The van der Waals surface area contributed by atoms with Gasteiger partial charge in [-0.2, -0.15) is 0 Å². The van der Waals surface area contributed by atoms with Crippen molar-refractivity contribution in [3.8, 4) is 5.75 Å². The first-order valence-corrected chi connectivity index (χ1v) is 9.58. The number of sulfonamides is 1. The maximum atomic E-state index is 12.8. The first kappa shape index (κ1) is 19.9. The number of carbonyl (C=O) groups excluding carboxylic acids is 1. The number of amides is 1. The molecule has 0 atom stereocenters. The summed E-state index contributed by atoms with van der Waals surface area (Å²) in [6.07, 6.45) is 0. The number of rotatable bonds is 8. The molecular weight excluding hydrogens is 359 g/mol. The van der Waals surface area contributed by atoms with E-state index < -0.39 is 15.8 Å². The summed E-state index contributed by atoms with van der Waals surface area (Å²) >= 11 is 0. The highest BCUT2D eigenvalue weighted by atomic mass is 32.2. The van der Waals surface area contributed by atoms with Crippen LogP contribution in [-0.2, 0) is 10.0 Å². The number of hydrogen-bond donors (Lipinski definition) is 2. The van der Waals surface area contributed by atoms with E-state index in [1.54, 1.807) is 19.9 Å². The lowest BCUT2D eigenvalue weighted by Gasteiger charge is -2.12. The number of nitrogens with one attached hydrogen (secondary N) is 2. The van der Waals surface area contributed by atoms with Gasteiger partial charge in [0.05, 0.1) is 11.4 Å². The molecule has 2 aromatic carbocycles. The zero-order valence-corrected chi connectivity index (χ0v) is 15.4. The van der Waals surface area contributed by atoms with Crippen molar-refractivity contribution in [3.05, 3.63) is 59.4 Å². The molecule has 0 aliphatic carbocycles. The molecule has 26 heavy (non-hydrogen) atoms. The third-order valence-corrected chi connectivity index (χ3v) is 5.09. The summed E-state index contributed by atoms with van der Waals surface area (Å²) in [5.41, 5.74) is 1.04. The number of benzene rings is 2.